The molecule has 1 aromatic rings. The zero-order chi connectivity index (χ0) is 11.5. The Balaban J connectivity index is 1.88. The molecule has 2 rings (SSSR count). The van der Waals surface area contributed by atoms with E-state index in [-0.39, 0.29) is 12.0 Å². The average Bonchev–Trinajstić information content (AvgIpc) is 3.02. The Morgan fingerprint density at radius 3 is 3.00 bits per heavy atom. The lowest BCUT2D eigenvalue weighted by Crippen LogP contribution is -2.38. The van der Waals surface area contributed by atoms with Crippen LogP contribution in [0.2, 0.25) is 0 Å². The molecule has 1 aliphatic carbocycles. The molecule has 1 fully saturated rings. The summed E-state index contributed by atoms with van der Waals surface area (Å²) in [7, 11) is 1.44. The van der Waals surface area contributed by atoms with E-state index < -0.39 is 0 Å². The van der Waals surface area contributed by atoms with Gasteiger partial charge in [-0.2, -0.15) is 0 Å². The van der Waals surface area contributed by atoms with Crippen LogP contribution in [0.15, 0.2) is 6.20 Å². The number of hydrogen-bond donors (Lipinski definition) is 1. The average molecular weight is 240 g/mol. The monoisotopic (exact) mass is 240 g/mol. The minimum Gasteiger partial charge on any atom is -0.468 e. The summed E-state index contributed by atoms with van der Waals surface area (Å²) >= 11 is 1.66. The van der Waals surface area contributed by atoms with Crippen LogP contribution in [-0.2, 0) is 16.1 Å². The molecule has 1 heterocycles. The maximum Gasteiger partial charge on any atom is 0.323 e. The zero-order valence-electron chi connectivity index (χ0n) is 9.53. The summed E-state index contributed by atoms with van der Waals surface area (Å²) < 4.78 is 4.79. The van der Waals surface area contributed by atoms with Crippen molar-refractivity contribution in [2.24, 2.45) is 5.92 Å². The summed E-state index contributed by atoms with van der Waals surface area (Å²) in [6.07, 6.45) is 4.09. The van der Waals surface area contributed by atoms with Crippen molar-refractivity contribution in [1.29, 1.82) is 0 Å². The zero-order valence-corrected chi connectivity index (χ0v) is 10.3. The Hall–Kier alpha value is -0.940. The van der Waals surface area contributed by atoms with E-state index in [2.05, 4.69) is 10.3 Å². The number of thiazole rings is 1. The number of nitrogens with zero attached hydrogens (tertiary/aromatic N) is 1. The van der Waals surface area contributed by atoms with Gasteiger partial charge in [-0.25, -0.2) is 4.98 Å². The van der Waals surface area contributed by atoms with Gasteiger partial charge in [0.2, 0.25) is 0 Å². The number of ether oxygens (including phenoxy) is 1. The first kappa shape index (κ1) is 11.5. The molecule has 1 aromatic heterocycles. The van der Waals surface area contributed by atoms with Crippen molar-refractivity contribution in [3.8, 4) is 0 Å². The van der Waals surface area contributed by atoms with E-state index in [0.717, 1.165) is 22.7 Å². The first-order valence-corrected chi connectivity index (χ1v) is 6.25. The fourth-order valence-corrected chi connectivity index (χ4v) is 2.44. The molecule has 4 nitrogen and oxygen atoms in total. The number of methoxy groups -OCH3 is 1. The van der Waals surface area contributed by atoms with Crippen molar-refractivity contribution < 1.29 is 9.53 Å². The van der Waals surface area contributed by atoms with Gasteiger partial charge in [-0.05, 0) is 25.7 Å². The summed E-state index contributed by atoms with van der Waals surface area (Å²) in [5.41, 5.74) is 0. The molecule has 16 heavy (non-hydrogen) atoms. The van der Waals surface area contributed by atoms with Gasteiger partial charge in [0.1, 0.15) is 6.04 Å². The molecule has 0 radical (unpaired) electrons. The normalized spacial score (nSPS) is 17.1. The van der Waals surface area contributed by atoms with Gasteiger partial charge in [-0.15, -0.1) is 11.3 Å². The standard InChI is InChI=1S/C11H16N2O2S/c1-7-12-5-9(16-7)6-13-10(8-3-4-8)11(14)15-2/h5,8,10,13H,3-4,6H2,1-2H3. The number of rotatable bonds is 5. The summed E-state index contributed by atoms with van der Waals surface area (Å²) in [6, 6.07) is -0.146. The molecule has 5 heteroatoms. The van der Waals surface area contributed by atoms with E-state index in [1.54, 1.807) is 11.3 Å². The summed E-state index contributed by atoms with van der Waals surface area (Å²) in [5.74, 6) is 0.310. The largest absolute Gasteiger partial charge is 0.468 e. The minimum atomic E-state index is -0.149. The van der Waals surface area contributed by atoms with E-state index in [0.29, 0.717) is 12.5 Å². The maximum atomic E-state index is 11.5. The Morgan fingerprint density at radius 1 is 1.75 bits per heavy atom. The molecule has 88 valence electrons. The lowest BCUT2D eigenvalue weighted by molar-refractivity contribution is -0.143. The van der Waals surface area contributed by atoms with Crippen LogP contribution in [0.1, 0.15) is 22.7 Å². The quantitative estimate of drug-likeness (QED) is 0.792. The van der Waals surface area contributed by atoms with Crippen LogP contribution in [0.3, 0.4) is 0 Å². The van der Waals surface area contributed by atoms with Crippen molar-refractivity contribution in [3.05, 3.63) is 16.1 Å². The van der Waals surface area contributed by atoms with E-state index in [9.17, 15) is 4.79 Å². The third-order valence-electron chi connectivity index (χ3n) is 2.71. The van der Waals surface area contributed by atoms with Crippen LogP contribution in [-0.4, -0.2) is 24.1 Å². The highest BCUT2D eigenvalue weighted by Gasteiger charge is 2.36. The van der Waals surface area contributed by atoms with Crippen molar-refractivity contribution in [2.75, 3.05) is 7.11 Å². The van der Waals surface area contributed by atoms with E-state index in [4.69, 9.17) is 4.74 Å². The fraction of sp³-hybridized carbons (Fsp3) is 0.636. The van der Waals surface area contributed by atoms with Gasteiger partial charge in [0.05, 0.1) is 12.1 Å². The van der Waals surface area contributed by atoms with E-state index in [1.165, 1.54) is 7.11 Å². The molecule has 1 atom stereocenters. The molecule has 1 N–H and O–H groups in total. The second-order valence-electron chi connectivity index (χ2n) is 4.06. The molecular formula is C11H16N2O2S. The highest BCUT2D eigenvalue weighted by molar-refractivity contribution is 7.11. The third kappa shape index (κ3) is 2.80. The molecule has 1 saturated carbocycles. The van der Waals surface area contributed by atoms with Gasteiger partial charge in [-0.3, -0.25) is 10.1 Å². The lowest BCUT2D eigenvalue weighted by Gasteiger charge is -2.14. The number of aromatic nitrogens is 1. The first-order chi connectivity index (χ1) is 7.70. The first-order valence-electron chi connectivity index (χ1n) is 5.43. The predicted octanol–water partition coefficient (Wildman–Crippen LogP) is 1.49. The minimum absolute atomic E-state index is 0.146. The summed E-state index contributed by atoms with van der Waals surface area (Å²) in [5, 5.41) is 4.31. The Bertz CT molecular complexity index is 374. The molecule has 0 aromatic carbocycles. The van der Waals surface area contributed by atoms with Crippen LogP contribution in [0.4, 0.5) is 0 Å². The highest BCUT2D eigenvalue weighted by atomic mass is 32.1. The molecule has 0 saturated heterocycles. The second-order valence-corrected chi connectivity index (χ2v) is 5.38. The molecule has 1 aliphatic rings. The Labute approximate surface area is 99.0 Å². The van der Waals surface area contributed by atoms with Crippen LogP contribution >= 0.6 is 11.3 Å². The molecule has 0 bridgehead atoms. The summed E-state index contributed by atoms with van der Waals surface area (Å²) in [6.45, 7) is 2.68. The number of aryl methyl sites for hydroxylation is 1. The Kier molecular flexibility index (Phi) is 3.56. The Morgan fingerprint density at radius 2 is 2.50 bits per heavy atom. The van der Waals surface area contributed by atoms with E-state index >= 15 is 0 Å². The van der Waals surface area contributed by atoms with Crippen molar-refractivity contribution >= 4 is 17.3 Å². The number of carbonyl (C=O) groups excluding carboxylic acids is 1. The predicted molar refractivity (Wildman–Crippen MR) is 62.2 cm³/mol. The molecule has 0 spiro atoms. The van der Waals surface area contributed by atoms with Gasteiger partial charge in [0, 0.05) is 17.6 Å². The van der Waals surface area contributed by atoms with Gasteiger partial charge < -0.3 is 4.74 Å². The van der Waals surface area contributed by atoms with Crippen LogP contribution < -0.4 is 5.32 Å². The van der Waals surface area contributed by atoms with Crippen molar-refractivity contribution in [1.82, 2.24) is 10.3 Å². The molecule has 0 amide bonds. The lowest BCUT2D eigenvalue weighted by atomic mass is 10.2. The van der Waals surface area contributed by atoms with Gasteiger partial charge in [-0.1, -0.05) is 0 Å². The SMILES string of the molecule is COC(=O)C(NCc1cnc(C)s1)C1CC1. The number of carbonyl (C=O) groups is 1. The molecule has 0 aliphatic heterocycles. The smallest absolute Gasteiger partial charge is 0.323 e. The highest BCUT2D eigenvalue weighted by Crippen LogP contribution is 2.33. The maximum absolute atomic E-state index is 11.5. The third-order valence-corrected chi connectivity index (χ3v) is 3.63. The number of hydrogen-bond acceptors (Lipinski definition) is 5. The molecule has 1 unspecified atom stereocenters. The van der Waals surface area contributed by atoms with Crippen LogP contribution in [0, 0.1) is 12.8 Å². The van der Waals surface area contributed by atoms with Crippen LogP contribution in [0.5, 0.6) is 0 Å². The number of nitrogens with one attached hydrogen (secondary N) is 1. The fourth-order valence-electron chi connectivity index (χ4n) is 1.70. The topological polar surface area (TPSA) is 51.2 Å². The van der Waals surface area contributed by atoms with Gasteiger partial charge in [0.25, 0.3) is 0 Å². The van der Waals surface area contributed by atoms with Gasteiger partial charge >= 0.3 is 5.97 Å². The summed E-state index contributed by atoms with van der Waals surface area (Å²) in [4.78, 5) is 16.9. The second kappa shape index (κ2) is 4.93. The number of esters is 1. The van der Waals surface area contributed by atoms with Crippen molar-refractivity contribution in [3.63, 3.8) is 0 Å². The molecular weight excluding hydrogens is 224 g/mol. The van der Waals surface area contributed by atoms with Crippen molar-refractivity contribution in [2.45, 2.75) is 32.4 Å². The van der Waals surface area contributed by atoms with E-state index in [1.807, 2.05) is 13.1 Å². The van der Waals surface area contributed by atoms with Crippen LogP contribution in [0.25, 0.3) is 0 Å². The van der Waals surface area contributed by atoms with Gasteiger partial charge in [0.15, 0.2) is 0 Å².